The zero-order chi connectivity index (χ0) is 10.5. The second kappa shape index (κ2) is 4.74. The van der Waals surface area contributed by atoms with Crippen molar-refractivity contribution in [1.82, 2.24) is 4.98 Å². The number of hydrogen-bond donors (Lipinski definition) is 0. The van der Waals surface area contributed by atoms with E-state index < -0.39 is 0 Å². The molecule has 76 valence electrons. The molecule has 0 saturated heterocycles. The Balaban J connectivity index is 2.43. The first-order valence-electron chi connectivity index (χ1n) is 5.40. The van der Waals surface area contributed by atoms with Gasteiger partial charge in [-0.2, -0.15) is 0 Å². The van der Waals surface area contributed by atoms with E-state index in [0.717, 1.165) is 6.42 Å². The van der Waals surface area contributed by atoms with Gasteiger partial charge in [-0.3, -0.25) is 4.98 Å². The first-order valence-corrected chi connectivity index (χ1v) is 5.40. The molecule has 0 bridgehead atoms. The minimum atomic E-state index is 1.14. The predicted molar refractivity (Wildman–Crippen MR) is 63.7 cm³/mol. The second-order valence-electron chi connectivity index (χ2n) is 3.64. The van der Waals surface area contributed by atoms with Crippen LogP contribution in [-0.2, 0) is 6.42 Å². The van der Waals surface area contributed by atoms with E-state index in [9.17, 15) is 0 Å². The lowest BCUT2D eigenvalue weighted by atomic mass is 9.98. The fraction of sp³-hybridized carbons (Fsp3) is 0.214. The Labute approximate surface area is 90.8 Å². The molecule has 0 aliphatic heterocycles. The van der Waals surface area contributed by atoms with Crippen LogP contribution in [0.5, 0.6) is 0 Å². The van der Waals surface area contributed by atoms with E-state index in [2.05, 4.69) is 48.3 Å². The molecule has 0 fully saturated rings. The van der Waals surface area contributed by atoms with Crippen LogP contribution in [0.15, 0.2) is 48.8 Å². The van der Waals surface area contributed by atoms with E-state index in [1.54, 1.807) is 0 Å². The highest BCUT2D eigenvalue weighted by Gasteiger charge is 2.02. The van der Waals surface area contributed by atoms with Crippen LogP contribution in [-0.4, -0.2) is 4.98 Å². The summed E-state index contributed by atoms with van der Waals surface area (Å²) in [4.78, 5) is 4.05. The van der Waals surface area contributed by atoms with Crippen LogP contribution in [0.2, 0.25) is 0 Å². The van der Waals surface area contributed by atoms with Crippen molar-refractivity contribution in [3.05, 3.63) is 54.4 Å². The van der Waals surface area contributed by atoms with Crippen molar-refractivity contribution in [3.8, 4) is 11.1 Å². The second-order valence-corrected chi connectivity index (χ2v) is 3.64. The topological polar surface area (TPSA) is 12.9 Å². The van der Waals surface area contributed by atoms with Crippen LogP contribution in [0.25, 0.3) is 11.1 Å². The van der Waals surface area contributed by atoms with E-state index in [-0.39, 0.29) is 0 Å². The van der Waals surface area contributed by atoms with E-state index in [0.29, 0.717) is 0 Å². The maximum atomic E-state index is 4.05. The molecule has 0 aliphatic rings. The van der Waals surface area contributed by atoms with Crippen molar-refractivity contribution in [1.29, 1.82) is 0 Å². The van der Waals surface area contributed by atoms with Crippen molar-refractivity contribution in [3.63, 3.8) is 0 Å². The molecule has 0 atom stereocenters. The Hall–Kier alpha value is -1.63. The van der Waals surface area contributed by atoms with Gasteiger partial charge >= 0.3 is 0 Å². The third kappa shape index (κ3) is 2.24. The van der Waals surface area contributed by atoms with Gasteiger partial charge < -0.3 is 0 Å². The van der Waals surface area contributed by atoms with Gasteiger partial charge in [0.1, 0.15) is 0 Å². The standard InChI is InChI=1S/C14H15N/c1-2-5-12-6-3-4-7-14(12)13-8-10-15-11-9-13/h3-4,6-11H,2,5H2,1H3. The normalized spacial score (nSPS) is 10.2. The number of aryl methyl sites for hydroxylation is 1. The fourth-order valence-corrected chi connectivity index (χ4v) is 1.82. The summed E-state index contributed by atoms with van der Waals surface area (Å²) in [5.41, 5.74) is 4.02. The third-order valence-electron chi connectivity index (χ3n) is 2.53. The van der Waals surface area contributed by atoms with Crippen LogP contribution in [0, 0.1) is 0 Å². The smallest absolute Gasteiger partial charge is 0.0273 e. The van der Waals surface area contributed by atoms with Gasteiger partial charge in [0.2, 0.25) is 0 Å². The van der Waals surface area contributed by atoms with Gasteiger partial charge in [-0.25, -0.2) is 0 Å². The molecule has 0 unspecified atom stereocenters. The van der Waals surface area contributed by atoms with Gasteiger partial charge in [0.05, 0.1) is 0 Å². The summed E-state index contributed by atoms with van der Waals surface area (Å²) in [6, 6.07) is 12.7. The van der Waals surface area contributed by atoms with Crippen molar-refractivity contribution in [2.24, 2.45) is 0 Å². The average molecular weight is 197 g/mol. The number of aromatic nitrogens is 1. The van der Waals surface area contributed by atoms with Crippen LogP contribution in [0.1, 0.15) is 18.9 Å². The monoisotopic (exact) mass is 197 g/mol. The highest BCUT2D eigenvalue weighted by molar-refractivity contribution is 5.66. The maximum Gasteiger partial charge on any atom is 0.0273 e. The van der Waals surface area contributed by atoms with Gasteiger partial charge in [0.15, 0.2) is 0 Å². The molecule has 0 amide bonds. The van der Waals surface area contributed by atoms with Gasteiger partial charge in [-0.05, 0) is 35.2 Å². The first-order chi connectivity index (χ1) is 7.42. The van der Waals surface area contributed by atoms with E-state index in [1.807, 2.05) is 12.4 Å². The van der Waals surface area contributed by atoms with Crippen molar-refractivity contribution < 1.29 is 0 Å². The quantitative estimate of drug-likeness (QED) is 0.731. The van der Waals surface area contributed by atoms with Gasteiger partial charge in [-0.1, -0.05) is 37.6 Å². The zero-order valence-corrected chi connectivity index (χ0v) is 8.98. The predicted octanol–water partition coefficient (Wildman–Crippen LogP) is 3.70. The number of pyridine rings is 1. The van der Waals surface area contributed by atoms with Crippen LogP contribution in [0.4, 0.5) is 0 Å². The molecule has 0 aliphatic carbocycles. The molecule has 2 aromatic rings. The summed E-state index contributed by atoms with van der Waals surface area (Å²) in [5, 5.41) is 0. The molecule has 15 heavy (non-hydrogen) atoms. The van der Waals surface area contributed by atoms with Crippen molar-refractivity contribution in [2.45, 2.75) is 19.8 Å². The molecular weight excluding hydrogens is 182 g/mol. The highest BCUT2D eigenvalue weighted by atomic mass is 14.6. The zero-order valence-electron chi connectivity index (χ0n) is 8.98. The Bertz CT molecular complexity index is 420. The maximum absolute atomic E-state index is 4.05. The van der Waals surface area contributed by atoms with Gasteiger partial charge in [0, 0.05) is 12.4 Å². The molecule has 0 saturated carbocycles. The van der Waals surface area contributed by atoms with Crippen LogP contribution in [0.3, 0.4) is 0 Å². The van der Waals surface area contributed by atoms with Gasteiger partial charge in [0.25, 0.3) is 0 Å². The number of nitrogens with zero attached hydrogens (tertiary/aromatic N) is 1. The Morgan fingerprint density at radius 2 is 1.73 bits per heavy atom. The summed E-state index contributed by atoms with van der Waals surface area (Å²) in [5.74, 6) is 0. The molecular formula is C14H15N. The summed E-state index contributed by atoms with van der Waals surface area (Å²) >= 11 is 0. The Morgan fingerprint density at radius 3 is 2.47 bits per heavy atom. The lowest BCUT2D eigenvalue weighted by Gasteiger charge is -2.07. The summed E-state index contributed by atoms with van der Waals surface area (Å²) in [6.07, 6.45) is 6.01. The largest absolute Gasteiger partial charge is 0.265 e. The van der Waals surface area contributed by atoms with Crippen LogP contribution >= 0.6 is 0 Å². The van der Waals surface area contributed by atoms with Gasteiger partial charge in [-0.15, -0.1) is 0 Å². The SMILES string of the molecule is CCCc1ccccc1-c1ccncc1. The number of benzene rings is 1. The third-order valence-corrected chi connectivity index (χ3v) is 2.53. The molecule has 1 aromatic carbocycles. The first kappa shape index (κ1) is 9.91. The molecule has 1 heterocycles. The lowest BCUT2D eigenvalue weighted by Crippen LogP contribution is -1.88. The highest BCUT2D eigenvalue weighted by Crippen LogP contribution is 2.23. The minimum Gasteiger partial charge on any atom is -0.265 e. The van der Waals surface area contributed by atoms with E-state index in [1.165, 1.54) is 23.1 Å². The molecule has 1 heteroatoms. The molecule has 0 spiro atoms. The molecule has 2 rings (SSSR count). The Morgan fingerprint density at radius 1 is 1.00 bits per heavy atom. The molecule has 1 aromatic heterocycles. The van der Waals surface area contributed by atoms with E-state index >= 15 is 0 Å². The summed E-state index contributed by atoms with van der Waals surface area (Å²) in [6.45, 7) is 2.21. The minimum absolute atomic E-state index is 1.14. The molecule has 1 nitrogen and oxygen atoms in total. The lowest BCUT2D eigenvalue weighted by molar-refractivity contribution is 0.923. The molecule has 0 radical (unpaired) electrons. The fourth-order valence-electron chi connectivity index (χ4n) is 1.82. The summed E-state index contributed by atoms with van der Waals surface area (Å²) < 4.78 is 0. The molecule has 0 N–H and O–H groups in total. The van der Waals surface area contributed by atoms with E-state index in [4.69, 9.17) is 0 Å². The average Bonchev–Trinajstić information content (AvgIpc) is 2.31. The number of rotatable bonds is 3. The van der Waals surface area contributed by atoms with Crippen molar-refractivity contribution in [2.75, 3.05) is 0 Å². The Kier molecular flexibility index (Phi) is 3.13. The van der Waals surface area contributed by atoms with Crippen LogP contribution < -0.4 is 0 Å². The summed E-state index contributed by atoms with van der Waals surface area (Å²) in [7, 11) is 0. The number of hydrogen-bond acceptors (Lipinski definition) is 1. The van der Waals surface area contributed by atoms with Crippen molar-refractivity contribution >= 4 is 0 Å².